The Labute approximate surface area is 522 Å². The highest BCUT2D eigenvalue weighted by Crippen LogP contribution is 2.43. The van der Waals surface area contributed by atoms with Crippen LogP contribution >= 0.6 is 0 Å². The zero-order chi connectivity index (χ0) is 66.7. The van der Waals surface area contributed by atoms with Gasteiger partial charge in [-0.1, -0.05) is 42.5 Å². The van der Waals surface area contributed by atoms with Crippen LogP contribution in [0.1, 0.15) is 35.3 Å². The van der Waals surface area contributed by atoms with Gasteiger partial charge >= 0.3 is 29.8 Å². The number of aliphatic hydroxyl groups excluding tert-OH is 12. The van der Waals surface area contributed by atoms with E-state index < -0.39 is 216 Å². The van der Waals surface area contributed by atoms with Crippen molar-refractivity contribution in [2.75, 3.05) is 39.6 Å². The van der Waals surface area contributed by atoms with Crippen LogP contribution in [0.2, 0.25) is 0 Å². The molecule has 0 aliphatic carbocycles. The molecule has 5 heterocycles. The number of esters is 5. The molecule has 3 aromatic carbocycles. The molecule has 3 aromatic rings. The van der Waals surface area contributed by atoms with Gasteiger partial charge < -0.3 is 138 Å². The standard InChI is InChI=1S/C59H72O33/c1-26(64)79-24-37-49(86-39(69)19-13-29-10-16-32(67)17-11-29)51(88-57-47(77)50(48(81-27(2)65)36(23-63)84-57)87-55-45(75)43(73)40(70)33(20-60)82-55)52(89-56-46(76)44(74)41(71)34(21-61)83-56)58(85-37)92-59(25-80-38(68)18-12-28-8-14-31(66)15-9-28)53(42(72)35(22-62)91-59)90-54(78)30-6-4-3-5-7-30/h3-19,33-37,40-53,55-58,60-63,66-67,70-77H,20-25H2,1-2H3/t33-,34-,35+,36+,37+,40+,41+,42-,43+,44+,45+,46+,47-,48+,49-,50+,51-,52+,53+,55+,56-,57+,58-,59-/m0/s1. The van der Waals surface area contributed by atoms with E-state index in [1.165, 1.54) is 84.9 Å². The molecule has 5 aliphatic heterocycles. The molecule has 5 fully saturated rings. The van der Waals surface area contributed by atoms with Crippen LogP contribution in [0.25, 0.3) is 12.2 Å². The molecule has 0 saturated carbocycles. The van der Waals surface area contributed by atoms with Crippen LogP contribution < -0.4 is 0 Å². The molecule has 0 amide bonds. The lowest BCUT2D eigenvalue weighted by molar-refractivity contribution is -0.423. The third-order valence-electron chi connectivity index (χ3n) is 15.2. The molecule has 0 bridgehead atoms. The Morgan fingerprint density at radius 3 is 1.46 bits per heavy atom. The maximum absolute atomic E-state index is 14.3. The summed E-state index contributed by atoms with van der Waals surface area (Å²) in [7, 11) is 0. The second-order valence-corrected chi connectivity index (χ2v) is 21.6. The molecule has 0 unspecified atom stereocenters. The molecular formula is C59H72O33. The molecule has 0 radical (unpaired) electrons. The van der Waals surface area contributed by atoms with E-state index in [1.807, 2.05) is 0 Å². The van der Waals surface area contributed by atoms with Crippen molar-refractivity contribution < 1.29 is 162 Å². The lowest BCUT2D eigenvalue weighted by atomic mass is 9.95. The van der Waals surface area contributed by atoms with E-state index in [4.69, 9.17) is 66.3 Å². The van der Waals surface area contributed by atoms with E-state index in [9.17, 15) is 95.5 Å². The van der Waals surface area contributed by atoms with Gasteiger partial charge in [0.1, 0.15) is 122 Å². The Balaban J connectivity index is 1.30. The van der Waals surface area contributed by atoms with Crippen LogP contribution in [0.3, 0.4) is 0 Å². The van der Waals surface area contributed by atoms with Crippen molar-refractivity contribution in [2.45, 2.75) is 161 Å². The number of aliphatic hydroxyl groups is 12. The average Bonchev–Trinajstić information content (AvgIpc) is 1.36. The Morgan fingerprint density at radius 2 is 0.935 bits per heavy atom. The van der Waals surface area contributed by atoms with Gasteiger partial charge in [-0.25, -0.2) is 14.4 Å². The van der Waals surface area contributed by atoms with Crippen LogP contribution in [-0.4, -0.2) is 288 Å². The number of phenolic OH excluding ortho intramolecular Hbond substituents is 2. The number of ether oxygens (including phenoxy) is 14. The minimum absolute atomic E-state index is 0.113. The molecule has 0 spiro atoms. The van der Waals surface area contributed by atoms with E-state index in [2.05, 4.69) is 0 Å². The van der Waals surface area contributed by atoms with E-state index in [-0.39, 0.29) is 17.1 Å². The molecule has 33 nitrogen and oxygen atoms in total. The van der Waals surface area contributed by atoms with Gasteiger partial charge in [0.05, 0.1) is 32.0 Å². The van der Waals surface area contributed by atoms with Gasteiger partial charge in [-0.05, 0) is 59.7 Å². The molecule has 24 atom stereocenters. The van der Waals surface area contributed by atoms with Crippen molar-refractivity contribution >= 4 is 42.0 Å². The maximum Gasteiger partial charge on any atom is 0.338 e. The Morgan fingerprint density at radius 1 is 0.457 bits per heavy atom. The van der Waals surface area contributed by atoms with Crippen LogP contribution in [-0.2, 0) is 85.5 Å². The second-order valence-electron chi connectivity index (χ2n) is 21.6. The van der Waals surface area contributed by atoms with Gasteiger partial charge in [0.25, 0.3) is 0 Å². The van der Waals surface area contributed by atoms with E-state index in [1.54, 1.807) is 6.07 Å². The van der Waals surface area contributed by atoms with Crippen LogP contribution in [0.5, 0.6) is 11.5 Å². The summed E-state index contributed by atoms with van der Waals surface area (Å²) in [5.74, 6) is -9.08. The highest BCUT2D eigenvalue weighted by Gasteiger charge is 2.65. The minimum Gasteiger partial charge on any atom is -0.508 e. The van der Waals surface area contributed by atoms with E-state index in [0.29, 0.717) is 11.1 Å². The van der Waals surface area contributed by atoms with Crippen molar-refractivity contribution in [3.8, 4) is 11.5 Å². The van der Waals surface area contributed by atoms with Crippen LogP contribution in [0.15, 0.2) is 91.0 Å². The molecule has 14 N–H and O–H groups in total. The maximum atomic E-state index is 14.3. The third-order valence-corrected chi connectivity index (χ3v) is 15.2. The highest BCUT2D eigenvalue weighted by atomic mass is 16.8. The van der Waals surface area contributed by atoms with Gasteiger partial charge in [0.2, 0.25) is 5.79 Å². The predicted molar refractivity (Wildman–Crippen MR) is 297 cm³/mol. The molecule has 5 saturated heterocycles. The zero-order valence-electron chi connectivity index (χ0n) is 48.9. The molecule has 5 aliphatic rings. The fourth-order valence-electron chi connectivity index (χ4n) is 10.5. The normalized spacial score (nSPS) is 36.5. The van der Waals surface area contributed by atoms with E-state index >= 15 is 0 Å². The first-order valence-corrected chi connectivity index (χ1v) is 28.6. The molecule has 0 aromatic heterocycles. The first-order valence-electron chi connectivity index (χ1n) is 28.6. The van der Waals surface area contributed by atoms with Crippen molar-refractivity contribution in [1.29, 1.82) is 0 Å². The second kappa shape index (κ2) is 31.9. The average molecular weight is 1310 g/mol. The quantitative estimate of drug-likeness (QED) is 0.0227. The van der Waals surface area contributed by atoms with Crippen molar-refractivity contribution in [1.82, 2.24) is 0 Å². The Hall–Kier alpha value is -6.75. The first-order chi connectivity index (χ1) is 43.9. The fourth-order valence-corrected chi connectivity index (χ4v) is 10.5. The first kappa shape index (κ1) is 71.1. The molecular weight excluding hydrogens is 1240 g/mol. The number of carbonyl (C=O) groups excluding carboxylic acids is 5. The van der Waals surface area contributed by atoms with Crippen LogP contribution in [0.4, 0.5) is 0 Å². The summed E-state index contributed by atoms with van der Waals surface area (Å²) < 4.78 is 84.1. The number of hydrogen-bond donors (Lipinski definition) is 14. The molecule has 33 heteroatoms. The van der Waals surface area contributed by atoms with Gasteiger partial charge in [-0.2, -0.15) is 0 Å². The highest BCUT2D eigenvalue weighted by molar-refractivity contribution is 5.90. The molecule has 92 heavy (non-hydrogen) atoms. The van der Waals surface area contributed by atoms with Crippen molar-refractivity contribution in [3.63, 3.8) is 0 Å². The third kappa shape index (κ3) is 17.0. The topological polar surface area (TPSA) is 498 Å². The number of benzene rings is 3. The summed E-state index contributed by atoms with van der Waals surface area (Å²) in [6.07, 6.45) is -45.2. The Bertz CT molecular complexity index is 2970. The van der Waals surface area contributed by atoms with E-state index in [0.717, 1.165) is 26.0 Å². The summed E-state index contributed by atoms with van der Waals surface area (Å²) in [5, 5.41) is 152. The summed E-state index contributed by atoms with van der Waals surface area (Å²) in [6, 6.07) is 17.9. The summed E-state index contributed by atoms with van der Waals surface area (Å²) in [5.41, 5.74) is 0.509. The molecule has 8 rings (SSSR count). The number of hydrogen-bond acceptors (Lipinski definition) is 33. The summed E-state index contributed by atoms with van der Waals surface area (Å²) >= 11 is 0. The van der Waals surface area contributed by atoms with Crippen LogP contribution in [0, 0.1) is 0 Å². The lowest BCUT2D eigenvalue weighted by Crippen LogP contribution is -2.70. The largest absolute Gasteiger partial charge is 0.508 e. The zero-order valence-corrected chi connectivity index (χ0v) is 48.9. The Kier molecular flexibility index (Phi) is 24.7. The number of rotatable bonds is 24. The summed E-state index contributed by atoms with van der Waals surface area (Å²) in [6.45, 7) is -4.75. The minimum atomic E-state index is -3.00. The number of phenols is 2. The van der Waals surface area contributed by atoms with Gasteiger partial charge in [-0.3, -0.25) is 9.59 Å². The van der Waals surface area contributed by atoms with Crippen molar-refractivity contribution in [3.05, 3.63) is 108 Å². The van der Waals surface area contributed by atoms with Gasteiger partial charge in [0.15, 0.2) is 43.5 Å². The fraction of sp³-hybridized carbons (Fsp3) is 0.542. The summed E-state index contributed by atoms with van der Waals surface area (Å²) in [4.78, 5) is 67.7. The number of aromatic hydroxyl groups is 2. The van der Waals surface area contributed by atoms with Gasteiger partial charge in [0, 0.05) is 26.0 Å². The monoisotopic (exact) mass is 1310 g/mol. The SMILES string of the molecule is CC(=O)OC[C@H]1O[C@@H](O[C@]2(COC(=O)C=Cc3ccc(O)cc3)O[C@H](CO)[C@H](O)[C@H]2OC(=O)c2ccccc2)[C@H](O[C@@H]2O[C@@H](CO)[C@@H](O)[C@@H](O)[C@H]2O)[C@@H](O[C@H]2O[C@H](CO)[C@@H](OC(C)=O)[C@H](O[C@H]3O[C@@H](CO)[C@@H](O)[C@@H](O)[C@H]3O)[C@@H]2O)[C@H]1OC(=O)C=Cc1ccc(O)cc1. The number of carbonyl (C=O) groups is 5. The predicted octanol–water partition coefficient (Wildman–Crippen LogP) is -4.98. The lowest BCUT2D eigenvalue weighted by Gasteiger charge is -2.51. The van der Waals surface area contributed by atoms with Gasteiger partial charge in [-0.15, -0.1) is 0 Å². The smallest absolute Gasteiger partial charge is 0.338 e. The molecule has 506 valence electrons. The van der Waals surface area contributed by atoms with Crippen molar-refractivity contribution in [2.24, 2.45) is 0 Å².